The largest absolute Gasteiger partial charge is 0.496 e. The van der Waals surface area contributed by atoms with E-state index in [4.69, 9.17) is 37.3 Å². The molecule has 3 aromatic carbocycles. The summed E-state index contributed by atoms with van der Waals surface area (Å²) >= 11 is 1.25. The highest BCUT2D eigenvalue weighted by Crippen LogP contribution is 2.44. The fourth-order valence-electron chi connectivity index (χ4n) is 5.04. The average Bonchev–Trinajstić information content (AvgIpc) is 3.64. The molecule has 0 aliphatic heterocycles. The minimum absolute atomic E-state index is 0.0455. The summed E-state index contributed by atoms with van der Waals surface area (Å²) in [5.74, 6) is 2.25. The Hall–Kier alpha value is -5.44. The van der Waals surface area contributed by atoms with Crippen molar-refractivity contribution in [3.05, 3.63) is 58.3 Å². The van der Waals surface area contributed by atoms with E-state index in [0.717, 1.165) is 7.11 Å². The van der Waals surface area contributed by atoms with E-state index in [1.807, 2.05) is 6.07 Å². The number of rotatable bonds is 16. The summed E-state index contributed by atoms with van der Waals surface area (Å²) in [4.78, 5) is 13.8. The Morgan fingerprint density at radius 2 is 1.55 bits per heavy atom. The number of unbranched alkanes of at least 4 members (excludes halogenated alkanes) is 1. The Balaban J connectivity index is 1.36. The second-order valence-corrected chi connectivity index (χ2v) is 13.2. The van der Waals surface area contributed by atoms with Gasteiger partial charge in [-0.2, -0.15) is 13.7 Å². The number of nitriles is 1. The molecular formula is C34H33N3O12S2. The first-order chi connectivity index (χ1) is 24.6. The zero-order valence-electron chi connectivity index (χ0n) is 28.4. The number of aromatic nitrogens is 2. The van der Waals surface area contributed by atoms with Gasteiger partial charge >= 0.3 is 0 Å². The first-order valence-corrected chi connectivity index (χ1v) is 17.5. The van der Waals surface area contributed by atoms with Crippen molar-refractivity contribution in [3.63, 3.8) is 0 Å². The highest BCUT2D eigenvalue weighted by Gasteiger charge is 2.25. The molecule has 0 amide bonds. The van der Waals surface area contributed by atoms with Crippen molar-refractivity contribution in [2.24, 2.45) is 0 Å². The van der Waals surface area contributed by atoms with E-state index in [9.17, 15) is 18.5 Å². The lowest BCUT2D eigenvalue weighted by atomic mass is 10.1. The summed E-state index contributed by atoms with van der Waals surface area (Å²) in [6.07, 6.45) is 1.12. The number of fused-ring (bicyclic) bond motifs is 1. The number of hydrogen-bond donors (Lipinski definition) is 0. The van der Waals surface area contributed by atoms with E-state index >= 15 is 0 Å². The van der Waals surface area contributed by atoms with Gasteiger partial charge in [0.1, 0.15) is 27.4 Å². The normalized spacial score (nSPS) is 11.2. The molecule has 15 nitrogen and oxygen atoms in total. The molecule has 2 aromatic heterocycles. The zero-order chi connectivity index (χ0) is 36.7. The molecule has 0 saturated heterocycles. The van der Waals surface area contributed by atoms with Crippen LogP contribution in [-0.4, -0.2) is 73.6 Å². The molecule has 0 N–H and O–H groups in total. The summed E-state index contributed by atoms with van der Waals surface area (Å²) in [6, 6.07) is 12.4. The highest BCUT2D eigenvalue weighted by molar-refractivity contribution is 7.99. The van der Waals surface area contributed by atoms with E-state index in [2.05, 4.69) is 14.4 Å². The molecule has 0 fully saturated rings. The topological polar surface area (TPSA) is 192 Å². The van der Waals surface area contributed by atoms with Crippen LogP contribution in [0, 0.1) is 11.3 Å². The fraction of sp³-hybridized carbons (Fsp3) is 0.294. The van der Waals surface area contributed by atoms with Crippen LogP contribution in [0.4, 0.5) is 0 Å². The molecule has 0 saturated carbocycles. The fourth-order valence-corrected chi connectivity index (χ4v) is 6.63. The van der Waals surface area contributed by atoms with Gasteiger partial charge < -0.3 is 37.3 Å². The van der Waals surface area contributed by atoms with Crippen molar-refractivity contribution in [2.45, 2.75) is 23.0 Å². The highest BCUT2D eigenvalue weighted by atomic mass is 32.2. The van der Waals surface area contributed by atoms with Crippen molar-refractivity contribution in [3.8, 4) is 63.3 Å². The minimum atomic E-state index is -4.11. The van der Waals surface area contributed by atoms with Crippen LogP contribution >= 0.6 is 11.8 Å². The van der Waals surface area contributed by atoms with Crippen LogP contribution in [-0.2, 0) is 14.3 Å². The summed E-state index contributed by atoms with van der Waals surface area (Å²) in [6.45, 7) is 0.140. The Morgan fingerprint density at radius 1 is 0.824 bits per heavy atom. The summed E-state index contributed by atoms with van der Waals surface area (Å²) in [5, 5.41) is 17.7. The number of thioether (sulfide) groups is 1. The molecule has 5 rings (SSSR count). The molecule has 0 unspecified atom stereocenters. The molecule has 0 radical (unpaired) electrons. The van der Waals surface area contributed by atoms with Crippen molar-refractivity contribution >= 4 is 32.8 Å². The van der Waals surface area contributed by atoms with Crippen molar-refractivity contribution < 1.29 is 49.9 Å². The van der Waals surface area contributed by atoms with Crippen LogP contribution in [0.3, 0.4) is 0 Å². The molecule has 0 aliphatic carbocycles. The monoisotopic (exact) mass is 739 g/mol. The molecule has 0 atom stereocenters. The third-order valence-corrected chi connectivity index (χ3v) is 9.76. The summed E-state index contributed by atoms with van der Waals surface area (Å²) in [5.41, 5.74) is 0.455. The summed E-state index contributed by atoms with van der Waals surface area (Å²) < 4.78 is 75.1. The number of ether oxygens (including phenoxy) is 6. The van der Waals surface area contributed by atoms with Gasteiger partial charge in [-0.3, -0.25) is 8.98 Å². The van der Waals surface area contributed by atoms with Gasteiger partial charge in [0.2, 0.25) is 22.8 Å². The smallest absolute Gasteiger partial charge is 0.297 e. The molecule has 0 spiro atoms. The van der Waals surface area contributed by atoms with E-state index in [0.29, 0.717) is 47.2 Å². The third-order valence-electron chi connectivity index (χ3n) is 7.52. The molecule has 51 heavy (non-hydrogen) atoms. The average molecular weight is 740 g/mol. The predicted octanol–water partition coefficient (Wildman–Crippen LogP) is 5.71. The third kappa shape index (κ3) is 7.67. The van der Waals surface area contributed by atoms with Crippen LogP contribution in [0.5, 0.6) is 34.5 Å². The predicted molar refractivity (Wildman–Crippen MR) is 185 cm³/mol. The first-order valence-electron chi connectivity index (χ1n) is 15.1. The molecular weight excluding hydrogens is 707 g/mol. The van der Waals surface area contributed by atoms with Gasteiger partial charge in [0, 0.05) is 23.4 Å². The van der Waals surface area contributed by atoms with Gasteiger partial charge in [-0.1, -0.05) is 11.8 Å². The van der Waals surface area contributed by atoms with Crippen LogP contribution < -0.4 is 33.8 Å². The number of methoxy groups -OCH3 is 5. The lowest BCUT2D eigenvalue weighted by molar-refractivity contribution is 0.301. The Bertz CT molecular complexity index is 2240. The van der Waals surface area contributed by atoms with Gasteiger partial charge in [-0.15, -0.1) is 10.2 Å². The lowest BCUT2D eigenvalue weighted by Crippen LogP contribution is -2.12. The maximum absolute atomic E-state index is 14.0. The maximum Gasteiger partial charge on any atom is 0.297 e. The van der Waals surface area contributed by atoms with Gasteiger partial charge in [0.15, 0.2) is 17.3 Å². The Kier molecular flexibility index (Phi) is 11.6. The molecule has 5 aromatic rings. The minimum Gasteiger partial charge on any atom is -0.496 e. The van der Waals surface area contributed by atoms with E-state index < -0.39 is 15.5 Å². The molecule has 268 valence electrons. The number of benzene rings is 3. The van der Waals surface area contributed by atoms with E-state index in [1.54, 1.807) is 24.3 Å². The molecule has 17 heteroatoms. The quantitative estimate of drug-likeness (QED) is 0.0678. The number of hydrogen-bond acceptors (Lipinski definition) is 16. The second kappa shape index (κ2) is 16.1. The summed E-state index contributed by atoms with van der Waals surface area (Å²) in [7, 11) is 4.29. The second-order valence-electron chi connectivity index (χ2n) is 10.4. The van der Waals surface area contributed by atoms with Gasteiger partial charge in [-0.05, 0) is 43.2 Å². The Labute approximate surface area is 297 Å². The molecule has 0 aliphatic rings. The van der Waals surface area contributed by atoms with Crippen LogP contribution in [0.1, 0.15) is 18.4 Å². The van der Waals surface area contributed by atoms with Gasteiger partial charge in [-0.25, -0.2) is 0 Å². The number of nitrogens with zero attached hydrogens (tertiary/aromatic N) is 3. The van der Waals surface area contributed by atoms with Crippen molar-refractivity contribution in [1.29, 1.82) is 5.26 Å². The van der Waals surface area contributed by atoms with Crippen LogP contribution in [0.15, 0.2) is 66.2 Å². The first kappa shape index (κ1) is 36.8. The van der Waals surface area contributed by atoms with E-state index in [1.165, 1.54) is 65.5 Å². The van der Waals surface area contributed by atoms with Gasteiger partial charge in [0.25, 0.3) is 15.3 Å². The van der Waals surface area contributed by atoms with E-state index in [-0.39, 0.29) is 62.0 Å². The molecule has 2 heterocycles. The van der Waals surface area contributed by atoms with Crippen LogP contribution in [0.2, 0.25) is 0 Å². The molecule has 0 bridgehead atoms. The van der Waals surface area contributed by atoms with Crippen molar-refractivity contribution in [1.82, 2.24) is 10.2 Å². The zero-order valence-corrected chi connectivity index (χ0v) is 30.1. The van der Waals surface area contributed by atoms with Crippen LogP contribution in [0.25, 0.3) is 33.7 Å². The SMILES string of the molecule is COc1cc(OC)c2c(=O)c(OCCCCSc3nnc(-c4cc(C#N)ccc4S(=O)(=O)OC)o3)c(-c3cc(OC)c(OC)c(OC)c3)oc2c1. The lowest BCUT2D eigenvalue weighted by Gasteiger charge is -2.17. The van der Waals surface area contributed by atoms with Crippen molar-refractivity contribution in [2.75, 3.05) is 55.0 Å². The maximum atomic E-state index is 14.0. The Morgan fingerprint density at radius 3 is 2.18 bits per heavy atom. The standard InChI is InChI=1S/C34H33N3O12S2/c1-41-21-16-23(42-2)28-24(17-21)48-30(20-14-25(43-3)31(45-5)26(15-20)44-4)32(29(28)38)47-11-7-8-12-50-34-37-36-33(49-34)22-13-19(18-35)9-10-27(22)51(39,40)46-6/h9-10,13-17H,7-8,11-12H2,1-6H3. The van der Waals surface area contributed by atoms with Gasteiger partial charge in [0.05, 0.1) is 66.5 Å².